The molecule has 0 saturated heterocycles. The zero-order valence-corrected chi connectivity index (χ0v) is 10.3. The molecule has 18 heavy (non-hydrogen) atoms. The molecule has 2 heterocycles. The van der Waals surface area contributed by atoms with Gasteiger partial charge in [0.15, 0.2) is 5.82 Å². The topological polar surface area (TPSA) is 80.5 Å². The number of halogens is 2. The van der Waals surface area contributed by atoms with Gasteiger partial charge in [0.25, 0.3) is 5.89 Å². The van der Waals surface area contributed by atoms with Gasteiger partial charge in [0.2, 0.25) is 5.82 Å². The number of aromatic nitrogens is 5. The molecule has 0 atom stereocenters. The molecule has 2 aromatic heterocycles. The molecule has 90 valence electrons. The molecule has 0 unspecified atom stereocenters. The Morgan fingerprint density at radius 1 is 1.33 bits per heavy atom. The molecular weight excluding hydrogens is 305 g/mol. The summed E-state index contributed by atoms with van der Waals surface area (Å²) in [4.78, 5) is 8.01. The summed E-state index contributed by atoms with van der Waals surface area (Å²) in [6.07, 6.45) is 1.34. The lowest BCUT2D eigenvalue weighted by Crippen LogP contribution is -1.86. The van der Waals surface area contributed by atoms with Crippen LogP contribution in [0.4, 0.5) is 4.39 Å². The van der Waals surface area contributed by atoms with Crippen molar-refractivity contribution in [1.29, 1.82) is 0 Å². The van der Waals surface area contributed by atoms with Gasteiger partial charge in [0, 0.05) is 0 Å². The van der Waals surface area contributed by atoms with Crippen molar-refractivity contribution in [1.82, 2.24) is 25.3 Å². The molecule has 0 saturated carbocycles. The van der Waals surface area contributed by atoms with Gasteiger partial charge >= 0.3 is 0 Å². The van der Waals surface area contributed by atoms with Crippen molar-refractivity contribution in [2.24, 2.45) is 0 Å². The van der Waals surface area contributed by atoms with Crippen LogP contribution < -0.4 is 0 Å². The van der Waals surface area contributed by atoms with E-state index in [0.717, 1.165) is 0 Å². The van der Waals surface area contributed by atoms with Gasteiger partial charge in [-0.05, 0) is 28.1 Å². The Morgan fingerprint density at radius 3 is 3.00 bits per heavy atom. The molecule has 0 radical (unpaired) electrons. The molecular formula is C10H5BrFN5O. The molecule has 0 aliphatic carbocycles. The first-order valence-electron chi connectivity index (χ1n) is 4.89. The van der Waals surface area contributed by atoms with E-state index in [4.69, 9.17) is 4.52 Å². The summed E-state index contributed by atoms with van der Waals surface area (Å²) >= 11 is 3.14. The van der Waals surface area contributed by atoms with E-state index in [9.17, 15) is 4.39 Å². The minimum Gasteiger partial charge on any atom is -0.333 e. The number of rotatable bonds is 2. The maximum absolute atomic E-state index is 13.4. The number of hydrogen-bond donors (Lipinski definition) is 1. The van der Waals surface area contributed by atoms with Crippen molar-refractivity contribution in [2.75, 3.05) is 0 Å². The lowest BCUT2D eigenvalue weighted by atomic mass is 10.2. The largest absolute Gasteiger partial charge is 0.333 e. The van der Waals surface area contributed by atoms with Crippen LogP contribution in [0.25, 0.3) is 23.1 Å². The second kappa shape index (κ2) is 4.30. The molecule has 3 aromatic rings. The van der Waals surface area contributed by atoms with E-state index in [-0.39, 0.29) is 16.2 Å². The molecule has 1 aromatic carbocycles. The van der Waals surface area contributed by atoms with Gasteiger partial charge in [0.1, 0.15) is 12.1 Å². The normalized spacial score (nSPS) is 10.8. The molecule has 0 spiro atoms. The van der Waals surface area contributed by atoms with Gasteiger partial charge in [-0.25, -0.2) is 9.37 Å². The third-order valence-electron chi connectivity index (χ3n) is 2.23. The predicted octanol–water partition coefficient (Wildman–Crippen LogP) is 2.42. The smallest absolute Gasteiger partial charge is 0.259 e. The van der Waals surface area contributed by atoms with Crippen LogP contribution in [0.15, 0.2) is 33.5 Å². The number of nitrogens with zero attached hydrogens (tertiary/aromatic N) is 4. The standard InChI is InChI=1S/C10H5BrFN5O/c11-7-5(2-1-3-6(7)12)10-15-9(17-18-10)8-13-4-14-16-8/h1-4H,(H,13,14,16). The second-order valence-corrected chi connectivity index (χ2v) is 4.15. The Bertz CT molecular complexity index is 681. The fourth-order valence-corrected chi connectivity index (χ4v) is 1.85. The first-order valence-corrected chi connectivity index (χ1v) is 5.69. The van der Waals surface area contributed by atoms with Crippen molar-refractivity contribution in [2.45, 2.75) is 0 Å². The van der Waals surface area contributed by atoms with E-state index in [2.05, 4.69) is 41.3 Å². The highest BCUT2D eigenvalue weighted by Crippen LogP contribution is 2.29. The maximum atomic E-state index is 13.4. The van der Waals surface area contributed by atoms with E-state index in [1.54, 1.807) is 12.1 Å². The Balaban J connectivity index is 2.06. The lowest BCUT2D eigenvalue weighted by molar-refractivity contribution is 0.431. The summed E-state index contributed by atoms with van der Waals surface area (Å²) in [5.74, 6) is 0.455. The van der Waals surface area contributed by atoms with E-state index in [1.807, 2.05) is 0 Å². The minimum absolute atomic E-state index is 0.202. The average molecular weight is 310 g/mol. The summed E-state index contributed by atoms with van der Waals surface area (Å²) in [6, 6.07) is 4.57. The Morgan fingerprint density at radius 2 is 2.22 bits per heavy atom. The van der Waals surface area contributed by atoms with Crippen molar-refractivity contribution >= 4 is 15.9 Å². The van der Waals surface area contributed by atoms with Crippen molar-refractivity contribution in [3.8, 4) is 23.1 Å². The Labute approximate surface area is 108 Å². The number of nitrogens with one attached hydrogen (secondary N) is 1. The third-order valence-corrected chi connectivity index (χ3v) is 3.04. The van der Waals surface area contributed by atoms with Crippen LogP contribution in [-0.2, 0) is 0 Å². The van der Waals surface area contributed by atoms with Crippen LogP contribution in [-0.4, -0.2) is 25.3 Å². The summed E-state index contributed by atoms with van der Waals surface area (Å²) in [7, 11) is 0. The summed E-state index contributed by atoms with van der Waals surface area (Å²) in [5.41, 5.74) is 0.480. The van der Waals surface area contributed by atoms with Gasteiger partial charge in [-0.3, -0.25) is 5.10 Å². The molecule has 8 heteroatoms. The maximum Gasteiger partial charge on any atom is 0.259 e. The highest BCUT2D eigenvalue weighted by atomic mass is 79.9. The highest BCUT2D eigenvalue weighted by Gasteiger charge is 2.16. The van der Waals surface area contributed by atoms with Crippen LogP contribution in [0.3, 0.4) is 0 Å². The fourth-order valence-electron chi connectivity index (χ4n) is 1.41. The van der Waals surface area contributed by atoms with Gasteiger partial charge in [-0.1, -0.05) is 11.2 Å². The fraction of sp³-hybridized carbons (Fsp3) is 0. The molecule has 0 bridgehead atoms. The highest BCUT2D eigenvalue weighted by molar-refractivity contribution is 9.10. The molecule has 1 N–H and O–H groups in total. The van der Waals surface area contributed by atoms with Crippen LogP contribution >= 0.6 is 15.9 Å². The van der Waals surface area contributed by atoms with E-state index in [1.165, 1.54) is 12.4 Å². The SMILES string of the molecule is Fc1cccc(-c2nc(-c3ncn[nH]3)no2)c1Br. The molecule has 0 aliphatic rings. The molecule has 0 aliphatic heterocycles. The molecule has 0 fully saturated rings. The van der Waals surface area contributed by atoms with Gasteiger partial charge in [-0.2, -0.15) is 10.1 Å². The second-order valence-electron chi connectivity index (χ2n) is 3.36. The van der Waals surface area contributed by atoms with Crippen LogP contribution in [0.5, 0.6) is 0 Å². The first kappa shape index (κ1) is 11.0. The molecule has 6 nitrogen and oxygen atoms in total. The van der Waals surface area contributed by atoms with Gasteiger partial charge in [-0.15, -0.1) is 0 Å². The number of H-pyrrole nitrogens is 1. The zero-order chi connectivity index (χ0) is 12.5. The van der Waals surface area contributed by atoms with Gasteiger partial charge in [0.05, 0.1) is 10.0 Å². The average Bonchev–Trinajstić information content (AvgIpc) is 3.01. The van der Waals surface area contributed by atoms with Crippen molar-refractivity contribution in [3.05, 3.63) is 34.8 Å². The van der Waals surface area contributed by atoms with Crippen molar-refractivity contribution < 1.29 is 8.91 Å². The van der Waals surface area contributed by atoms with Crippen molar-refractivity contribution in [3.63, 3.8) is 0 Å². The molecule has 3 rings (SSSR count). The summed E-state index contributed by atoms with van der Waals surface area (Å²) in [6.45, 7) is 0. The van der Waals surface area contributed by atoms with Crippen LogP contribution in [0.1, 0.15) is 0 Å². The molecule has 0 amide bonds. The van der Waals surface area contributed by atoms with E-state index >= 15 is 0 Å². The first-order chi connectivity index (χ1) is 8.75. The number of aromatic amines is 1. The Kier molecular flexibility index (Phi) is 2.63. The monoisotopic (exact) mass is 309 g/mol. The lowest BCUT2D eigenvalue weighted by Gasteiger charge is -1.98. The Hall–Kier alpha value is -2.09. The quantitative estimate of drug-likeness (QED) is 0.786. The summed E-state index contributed by atoms with van der Waals surface area (Å²) in [5, 5.41) is 10.0. The van der Waals surface area contributed by atoms with E-state index in [0.29, 0.717) is 11.4 Å². The van der Waals surface area contributed by atoms with E-state index < -0.39 is 5.82 Å². The third kappa shape index (κ3) is 1.80. The van der Waals surface area contributed by atoms with Crippen LogP contribution in [0, 0.1) is 5.82 Å². The summed E-state index contributed by atoms with van der Waals surface area (Å²) < 4.78 is 18.7. The van der Waals surface area contributed by atoms with Crippen LogP contribution in [0.2, 0.25) is 0 Å². The van der Waals surface area contributed by atoms with Gasteiger partial charge < -0.3 is 4.52 Å². The number of hydrogen-bond acceptors (Lipinski definition) is 5. The zero-order valence-electron chi connectivity index (χ0n) is 8.76. The number of benzene rings is 1. The predicted molar refractivity (Wildman–Crippen MR) is 62.8 cm³/mol. The minimum atomic E-state index is -0.396.